The molecule has 0 saturated heterocycles. The van der Waals surface area contributed by atoms with E-state index in [-0.39, 0.29) is 0 Å². The Kier molecular flexibility index (Phi) is 9.49. The van der Waals surface area contributed by atoms with Crippen molar-refractivity contribution in [1.29, 1.82) is 0 Å². The van der Waals surface area contributed by atoms with Crippen molar-refractivity contribution in [3.05, 3.63) is 11.6 Å². The van der Waals surface area contributed by atoms with E-state index in [1.54, 1.807) is 0 Å². The summed E-state index contributed by atoms with van der Waals surface area (Å²) in [5.41, 5.74) is 1.51. The topological polar surface area (TPSA) is 32.3 Å². The average molecular weight is 185 g/mol. The molecule has 0 spiro atoms. The van der Waals surface area contributed by atoms with Gasteiger partial charge in [-0.05, 0) is 39.3 Å². The second-order valence-corrected chi connectivity index (χ2v) is 3.33. The molecular weight excluding hydrogens is 162 g/mol. The van der Waals surface area contributed by atoms with Crippen LogP contribution in [0.3, 0.4) is 0 Å². The minimum Gasteiger partial charge on any atom is -0.396 e. The van der Waals surface area contributed by atoms with E-state index in [1.807, 2.05) is 7.05 Å². The quantitative estimate of drug-likeness (QED) is 0.448. The van der Waals surface area contributed by atoms with Crippen LogP contribution in [0, 0.1) is 0 Å². The molecular formula is C11H23NO. The molecule has 2 N–H and O–H groups in total. The smallest absolute Gasteiger partial charge is 0.0434 e. The Labute approximate surface area is 82.0 Å². The molecule has 2 nitrogen and oxygen atoms in total. The molecule has 0 heterocycles. The first kappa shape index (κ1) is 12.7. The van der Waals surface area contributed by atoms with Crippen LogP contribution in [0.25, 0.3) is 0 Å². The number of rotatable bonds is 8. The van der Waals surface area contributed by atoms with Crippen LogP contribution in [0.5, 0.6) is 0 Å². The van der Waals surface area contributed by atoms with Crippen molar-refractivity contribution in [2.24, 2.45) is 0 Å². The average Bonchev–Trinajstić information content (AvgIpc) is 2.14. The summed E-state index contributed by atoms with van der Waals surface area (Å²) in [6.07, 6.45) is 7.78. The predicted octanol–water partition coefficient (Wildman–Crippen LogP) is 2.09. The van der Waals surface area contributed by atoms with Crippen molar-refractivity contribution in [2.45, 2.75) is 39.0 Å². The molecule has 0 atom stereocenters. The second-order valence-electron chi connectivity index (χ2n) is 3.33. The fourth-order valence-corrected chi connectivity index (χ4v) is 1.38. The third-order valence-electron chi connectivity index (χ3n) is 2.05. The molecule has 0 amide bonds. The molecule has 2 heteroatoms. The van der Waals surface area contributed by atoms with Crippen LogP contribution < -0.4 is 5.32 Å². The highest BCUT2D eigenvalue weighted by molar-refractivity contribution is 5.01. The number of allylic oxidation sites excluding steroid dienone is 1. The van der Waals surface area contributed by atoms with Gasteiger partial charge in [-0.2, -0.15) is 0 Å². The van der Waals surface area contributed by atoms with E-state index in [0.29, 0.717) is 6.61 Å². The van der Waals surface area contributed by atoms with Gasteiger partial charge >= 0.3 is 0 Å². The Morgan fingerprint density at radius 1 is 1.38 bits per heavy atom. The second kappa shape index (κ2) is 9.75. The minimum absolute atomic E-state index is 0.313. The summed E-state index contributed by atoms with van der Waals surface area (Å²) in [6, 6.07) is 0. The zero-order valence-corrected chi connectivity index (χ0v) is 8.97. The van der Waals surface area contributed by atoms with Gasteiger partial charge in [0.05, 0.1) is 0 Å². The van der Waals surface area contributed by atoms with Crippen molar-refractivity contribution in [3.63, 3.8) is 0 Å². The molecule has 0 aromatic carbocycles. The van der Waals surface area contributed by atoms with Crippen LogP contribution >= 0.6 is 0 Å². The van der Waals surface area contributed by atoms with Gasteiger partial charge in [0.2, 0.25) is 0 Å². The fourth-order valence-electron chi connectivity index (χ4n) is 1.38. The van der Waals surface area contributed by atoms with Crippen LogP contribution in [-0.4, -0.2) is 25.3 Å². The highest BCUT2D eigenvalue weighted by Gasteiger charge is 1.95. The van der Waals surface area contributed by atoms with Gasteiger partial charge in [0.25, 0.3) is 0 Å². The SMILES string of the molecule is CCC/C(=C\CCNC)CCCO. The Balaban J connectivity index is 3.69. The largest absolute Gasteiger partial charge is 0.396 e. The molecule has 0 aliphatic heterocycles. The molecule has 0 unspecified atom stereocenters. The van der Waals surface area contributed by atoms with Crippen LogP contribution in [0.2, 0.25) is 0 Å². The van der Waals surface area contributed by atoms with Crippen LogP contribution in [0.1, 0.15) is 39.0 Å². The molecule has 0 bridgehead atoms. The summed E-state index contributed by atoms with van der Waals surface area (Å²) < 4.78 is 0. The zero-order chi connectivity index (χ0) is 9.94. The first-order valence-corrected chi connectivity index (χ1v) is 5.28. The van der Waals surface area contributed by atoms with Gasteiger partial charge in [0, 0.05) is 6.61 Å². The zero-order valence-electron chi connectivity index (χ0n) is 8.97. The third kappa shape index (κ3) is 8.00. The molecule has 0 saturated carbocycles. The van der Waals surface area contributed by atoms with Gasteiger partial charge in [0.1, 0.15) is 0 Å². The van der Waals surface area contributed by atoms with Gasteiger partial charge in [-0.15, -0.1) is 0 Å². The first-order chi connectivity index (χ1) is 6.35. The van der Waals surface area contributed by atoms with Gasteiger partial charge in [-0.3, -0.25) is 0 Å². The number of aliphatic hydroxyl groups excluding tert-OH is 1. The molecule has 0 aliphatic rings. The van der Waals surface area contributed by atoms with Crippen molar-refractivity contribution < 1.29 is 5.11 Å². The monoisotopic (exact) mass is 185 g/mol. The van der Waals surface area contributed by atoms with Crippen LogP contribution in [-0.2, 0) is 0 Å². The molecule has 0 radical (unpaired) electrons. The lowest BCUT2D eigenvalue weighted by atomic mass is 10.0. The molecule has 13 heavy (non-hydrogen) atoms. The molecule has 78 valence electrons. The Bertz CT molecular complexity index is 132. The summed E-state index contributed by atoms with van der Waals surface area (Å²) in [7, 11) is 1.97. The highest BCUT2D eigenvalue weighted by atomic mass is 16.2. The Hall–Kier alpha value is -0.340. The predicted molar refractivity (Wildman–Crippen MR) is 57.9 cm³/mol. The summed E-state index contributed by atoms with van der Waals surface area (Å²) in [6.45, 7) is 3.56. The maximum atomic E-state index is 8.72. The fraction of sp³-hybridized carbons (Fsp3) is 0.818. The van der Waals surface area contributed by atoms with Crippen LogP contribution in [0.4, 0.5) is 0 Å². The number of nitrogens with one attached hydrogen (secondary N) is 1. The summed E-state index contributed by atoms with van der Waals surface area (Å²) in [5.74, 6) is 0. The summed E-state index contributed by atoms with van der Waals surface area (Å²) in [4.78, 5) is 0. The molecule has 0 aromatic rings. The lowest BCUT2D eigenvalue weighted by Gasteiger charge is -2.04. The maximum absolute atomic E-state index is 8.72. The lowest BCUT2D eigenvalue weighted by molar-refractivity contribution is 0.288. The van der Waals surface area contributed by atoms with Crippen molar-refractivity contribution in [2.75, 3.05) is 20.2 Å². The van der Waals surface area contributed by atoms with E-state index >= 15 is 0 Å². The van der Waals surface area contributed by atoms with E-state index in [9.17, 15) is 0 Å². The maximum Gasteiger partial charge on any atom is 0.0434 e. The van der Waals surface area contributed by atoms with Gasteiger partial charge < -0.3 is 10.4 Å². The molecule has 0 rings (SSSR count). The molecule has 0 aromatic heterocycles. The van der Waals surface area contributed by atoms with E-state index in [4.69, 9.17) is 5.11 Å². The minimum atomic E-state index is 0.313. The van der Waals surface area contributed by atoms with E-state index in [0.717, 1.165) is 25.8 Å². The highest BCUT2D eigenvalue weighted by Crippen LogP contribution is 2.12. The number of hydrogen-bond donors (Lipinski definition) is 2. The van der Waals surface area contributed by atoms with E-state index in [1.165, 1.54) is 18.4 Å². The summed E-state index contributed by atoms with van der Waals surface area (Å²) in [5, 5.41) is 11.8. The van der Waals surface area contributed by atoms with E-state index in [2.05, 4.69) is 18.3 Å². The summed E-state index contributed by atoms with van der Waals surface area (Å²) >= 11 is 0. The first-order valence-electron chi connectivity index (χ1n) is 5.28. The third-order valence-corrected chi connectivity index (χ3v) is 2.05. The number of aliphatic hydroxyl groups is 1. The molecule has 0 fully saturated rings. The van der Waals surface area contributed by atoms with E-state index < -0.39 is 0 Å². The van der Waals surface area contributed by atoms with Gasteiger partial charge in [-0.1, -0.05) is 25.0 Å². The Morgan fingerprint density at radius 3 is 2.69 bits per heavy atom. The van der Waals surface area contributed by atoms with Crippen LogP contribution in [0.15, 0.2) is 11.6 Å². The van der Waals surface area contributed by atoms with Crippen molar-refractivity contribution in [3.8, 4) is 0 Å². The lowest BCUT2D eigenvalue weighted by Crippen LogP contribution is -2.06. The van der Waals surface area contributed by atoms with Crippen molar-refractivity contribution >= 4 is 0 Å². The number of hydrogen-bond acceptors (Lipinski definition) is 2. The Morgan fingerprint density at radius 2 is 2.15 bits per heavy atom. The molecule has 0 aliphatic carbocycles. The van der Waals surface area contributed by atoms with Gasteiger partial charge in [0.15, 0.2) is 0 Å². The standard InChI is InChI=1S/C11H23NO/c1-3-6-11(8-5-10-13)7-4-9-12-2/h7,12-13H,3-6,8-10H2,1-2H3/b11-7+. The normalized spacial score (nSPS) is 12.1. The van der Waals surface area contributed by atoms with Gasteiger partial charge in [-0.25, -0.2) is 0 Å². The van der Waals surface area contributed by atoms with Crippen molar-refractivity contribution in [1.82, 2.24) is 5.32 Å².